The van der Waals surface area contributed by atoms with Crippen LogP contribution in [0.3, 0.4) is 0 Å². The molecule has 3 saturated heterocycles. The number of fused-ring (bicyclic) bond motifs is 5. The van der Waals surface area contributed by atoms with Crippen molar-refractivity contribution in [3.63, 3.8) is 0 Å². The number of phosphoric ester groups is 2. The van der Waals surface area contributed by atoms with Gasteiger partial charge in [0.1, 0.15) is 59.3 Å². The minimum Gasteiger partial charge on any atom is -0.387 e. The molecule has 11 atom stereocenters. The van der Waals surface area contributed by atoms with Crippen molar-refractivity contribution in [2.45, 2.75) is 55.1 Å². The number of aliphatic hydroxyl groups is 2. The molecule has 8 N–H and O–H groups in total. The number of nitrogens with zero attached hydrogens (tertiary/aromatic N) is 8. The van der Waals surface area contributed by atoms with E-state index in [0.717, 1.165) is 6.33 Å². The van der Waals surface area contributed by atoms with Crippen molar-refractivity contribution < 1.29 is 56.7 Å². The predicted molar refractivity (Wildman–Crippen MR) is 151 cm³/mol. The van der Waals surface area contributed by atoms with Gasteiger partial charge in [0, 0.05) is 0 Å². The molecule has 3 unspecified atom stereocenters. The molecule has 3 fully saturated rings. The van der Waals surface area contributed by atoms with E-state index in [1.165, 1.54) is 22.1 Å². The highest BCUT2D eigenvalue weighted by Gasteiger charge is 2.55. The molecule has 0 radical (unpaired) electrons. The van der Waals surface area contributed by atoms with Gasteiger partial charge in [0.2, 0.25) is 5.96 Å². The number of nitrogen functional groups attached to an aromatic ring is 1. The molecule has 0 aromatic carbocycles. The Kier molecular flexibility index (Phi) is 7.60. The number of rotatable bonds is 2. The predicted octanol–water partition coefficient (Wildman–Crippen LogP) is -2.46. The molecule has 22 nitrogen and oxygen atoms in total. The van der Waals surface area contributed by atoms with E-state index < -0.39 is 84.0 Å². The van der Waals surface area contributed by atoms with Crippen molar-refractivity contribution in [2.75, 3.05) is 18.9 Å². The van der Waals surface area contributed by atoms with Gasteiger partial charge in [-0.3, -0.25) is 32.6 Å². The summed E-state index contributed by atoms with van der Waals surface area (Å²) in [6.45, 7) is -1.58. The van der Waals surface area contributed by atoms with Gasteiger partial charge in [-0.2, -0.15) is 4.99 Å². The molecule has 2 aromatic heterocycles. The number of hydrogen-bond donors (Lipinski definition) is 6. The molecule has 7 rings (SSSR count). The Bertz CT molecular complexity index is 1740. The van der Waals surface area contributed by atoms with Crippen molar-refractivity contribution in [3.05, 3.63) is 12.7 Å². The zero-order chi connectivity index (χ0) is 31.8. The van der Waals surface area contributed by atoms with E-state index in [0.29, 0.717) is 0 Å². The lowest BCUT2D eigenvalue weighted by Gasteiger charge is -2.30. The van der Waals surface area contributed by atoms with Gasteiger partial charge in [0.15, 0.2) is 30.0 Å². The van der Waals surface area contributed by atoms with Crippen molar-refractivity contribution in [1.82, 2.24) is 24.4 Å². The maximum atomic E-state index is 13.2. The molecule has 45 heavy (non-hydrogen) atoms. The molecule has 0 aliphatic carbocycles. The zero-order valence-corrected chi connectivity index (χ0v) is 25.0. The van der Waals surface area contributed by atoms with Crippen LogP contribution in [0.2, 0.25) is 0 Å². The van der Waals surface area contributed by atoms with Crippen LogP contribution in [0.5, 0.6) is 0 Å². The number of nitrogens with two attached hydrogens (primary N) is 2. The first-order chi connectivity index (χ1) is 21.3. The van der Waals surface area contributed by atoms with Gasteiger partial charge >= 0.3 is 15.6 Å². The van der Waals surface area contributed by atoms with E-state index in [2.05, 4.69) is 29.9 Å². The molecule has 5 aliphatic heterocycles. The lowest BCUT2D eigenvalue weighted by Crippen LogP contribution is -2.49. The Morgan fingerprint density at radius 1 is 0.911 bits per heavy atom. The van der Waals surface area contributed by atoms with E-state index in [-0.39, 0.29) is 33.8 Å². The monoisotopic (exact) mass is 690 g/mol. The van der Waals surface area contributed by atoms with Gasteiger partial charge in [-0.25, -0.2) is 29.1 Å². The van der Waals surface area contributed by atoms with Gasteiger partial charge in [0.05, 0.1) is 25.9 Å². The second-order valence-electron chi connectivity index (χ2n) is 10.2. The van der Waals surface area contributed by atoms with Gasteiger partial charge < -0.3 is 40.9 Å². The van der Waals surface area contributed by atoms with Crippen LogP contribution in [-0.2, 0) is 36.7 Å². The molecule has 5 aliphatic rings. The highest BCUT2D eigenvalue weighted by atomic mass is 32.1. The molecule has 25 heteroatoms. The minimum atomic E-state index is -5.07. The topological polar surface area (TPSA) is 306 Å². The largest absolute Gasteiger partial charge is 0.472 e. The lowest BCUT2D eigenvalue weighted by atomic mass is 10.1. The number of guanidine groups is 1. The summed E-state index contributed by atoms with van der Waals surface area (Å²) in [6, 6.07) is -0.829. The number of thiocarbonyl (C=S) groups is 1. The molecule has 0 saturated carbocycles. The van der Waals surface area contributed by atoms with Crippen LogP contribution in [0.1, 0.15) is 6.23 Å². The number of amidine groups is 1. The third kappa shape index (κ3) is 5.48. The number of aliphatic hydroxyl groups excluding tert-OH is 2. The van der Waals surface area contributed by atoms with Crippen molar-refractivity contribution in [3.8, 4) is 0 Å². The number of aromatic nitrogens is 4. The van der Waals surface area contributed by atoms with Crippen molar-refractivity contribution in [2.24, 2.45) is 20.7 Å². The van der Waals surface area contributed by atoms with E-state index in [4.69, 9.17) is 51.3 Å². The Labute approximate surface area is 256 Å². The Morgan fingerprint density at radius 3 is 2.36 bits per heavy atom. The highest BCUT2D eigenvalue weighted by molar-refractivity contribution is 7.80. The first kappa shape index (κ1) is 30.7. The minimum absolute atomic E-state index is 0.0444. The summed E-state index contributed by atoms with van der Waals surface area (Å²) in [5.41, 5.74) is 11.9. The lowest BCUT2D eigenvalue weighted by molar-refractivity contribution is -0.0668. The smallest absolute Gasteiger partial charge is 0.387 e. The van der Waals surface area contributed by atoms with Crippen LogP contribution in [0.4, 0.5) is 5.82 Å². The molecule has 2 bridgehead atoms. The first-order valence-corrected chi connectivity index (χ1v) is 16.4. The molecule has 0 amide bonds. The van der Waals surface area contributed by atoms with Crippen LogP contribution in [0.15, 0.2) is 27.6 Å². The van der Waals surface area contributed by atoms with Crippen LogP contribution >= 0.6 is 27.9 Å². The molecule has 242 valence electrons. The number of ether oxygens (including phenoxy) is 2. The van der Waals surface area contributed by atoms with E-state index >= 15 is 0 Å². The Hall–Kier alpha value is -2.89. The van der Waals surface area contributed by atoms with E-state index in [9.17, 15) is 29.1 Å². The Balaban J connectivity index is 1.17. The third-order valence-corrected chi connectivity index (χ3v) is 9.69. The Morgan fingerprint density at radius 2 is 1.60 bits per heavy atom. The number of aliphatic imine (C=N–C) groups is 3. The summed E-state index contributed by atoms with van der Waals surface area (Å²) in [5, 5.41) is 22.2. The zero-order valence-electron chi connectivity index (χ0n) is 22.4. The molecule has 0 spiro atoms. The van der Waals surface area contributed by atoms with Crippen LogP contribution in [0.25, 0.3) is 11.2 Å². The van der Waals surface area contributed by atoms with Gasteiger partial charge in [-0.1, -0.05) is 12.2 Å². The normalized spacial score (nSPS) is 42.0. The highest BCUT2D eigenvalue weighted by Crippen LogP contribution is 2.53. The number of phosphoric acid groups is 2. The fourth-order valence-electron chi connectivity index (χ4n) is 5.38. The SMILES string of the molecule is NC1=NC(=S)C2N=CN([C@@H]3O[C@@H]4COP(=O)(O)O[C@H]5[C@@H](O)[C@H](n6cnc7c(N)ncnc76)O[C@@H]5COP(=O)(O)O[C@@H]3[C@@H]4O)C2=N1. The summed E-state index contributed by atoms with van der Waals surface area (Å²) < 4.78 is 60.2. The van der Waals surface area contributed by atoms with E-state index in [1.807, 2.05) is 0 Å². The molecule has 2 aromatic rings. The second-order valence-corrected chi connectivity index (χ2v) is 13.4. The first-order valence-electron chi connectivity index (χ1n) is 13.0. The van der Waals surface area contributed by atoms with Crippen LogP contribution in [0, 0.1) is 0 Å². The molecular formula is C20H24N10O12P2S. The quantitative estimate of drug-likeness (QED) is 0.141. The average Bonchev–Trinajstić information content (AvgIpc) is 3.72. The molecule has 7 heterocycles. The summed E-state index contributed by atoms with van der Waals surface area (Å²) in [7, 11) is -10.1. The third-order valence-electron chi connectivity index (χ3n) is 7.41. The summed E-state index contributed by atoms with van der Waals surface area (Å²) >= 11 is 5.20. The second kappa shape index (κ2) is 11.1. The van der Waals surface area contributed by atoms with Gasteiger partial charge in [-0.15, -0.1) is 0 Å². The van der Waals surface area contributed by atoms with Crippen LogP contribution in [-0.4, -0.2) is 130 Å². The number of imidazole rings is 1. The van der Waals surface area contributed by atoms with Gasteiger partial charge in [-0.05, 0) is 0 Å². The fourth-order valence-corrected chi connectivity index (χ4v) is 7.53. The van der Waals surface area contributed by atoms with Crippen molar-refractivity contribution in [1.29, 1.82) is 0 Å². The van der Waals surface area contributed by atoms with Crippen LogP contribution < -0.4 is 11.5 Å². The summed E-state index contributed by atoms with van der Waals surface area (Å²) in [6.07, 6.45) is -8.68. The summed E-state index contributed by atoms with van der Waals surface area (Å²) in [4.78, 5) is 46.9. The molecular weight excluding hydrogens is 666 g/mol. The maximum Gasteiger partial charge on any atom is 0.472 e. The van der Waals surface area contributed by atoms with Gasteiger partial charge in [0.25, 0.3) is 0 Å². The number of hydrogen-bond acceptors (Lipinski definition) is 19. The standard InChI is InChI=1S/C20H24N10O12P2S/c21-14-8-15(24-3-23-14)29(4-25-8)18-11(32)12-7(40-18)2-38-44(35,36)42-13-10(31)6(1-37-43(33,34)41-12)39-19(13)30-5-26-9-16(30)27-20(22)28-17(9)45/h3-7,9-13,18-19,31-32H,1-2H2,(H,33,34)(H,35,36)(H2,21,23,24)(H2,22,28,45)/t6-,7-,9?,10-,11-,12-,13-,18-,19-/m1/s1. The average molecular weight is 690 g/mol. The summed E-state index contributed by atoms with van der Waals surface area (Å²) in [5.74, 6) is -0.00408. The van der Waals surface area contributed by atoms with E-state index in [1.54, 1.807) is 0 Å². The number of anilines is 1. The van der Waals surface area contributed by atoms with Crippen molar-refractivity contribution >= 4 is 68.0 Å². The fraction of sp³-hybridized carbons (Fsp3) is 0.550. The maximum absolute atomic E-state index is 13.2.